The smallest absolute Gasteiger partial charge is 0.348 e. The van der Waals surface area contributed by atoms with Gasteiger partial charge in [0, 0.05) is 13.8 Å². The summed E-state index contributed by atoms with van der Waals surface area (Å²) >= 11 is 6.13. The van der Waals surface area contributed by atoms with Crippen molar-refractivity contribution < 1.29 is 38.4 Å². The van der Waals surface area contributed by atoms with E-state index in [-0.39, 0.29) is 28.7 Å². The zero-order chi connectivity index (χ0) is 19.5. The van der Waals surface area contributed by atoms with Crippen LogP contribution in [0.5, 0.6) is 11.5 Å². The van der Waals surface area contributed by atoms with Crippen LogP contribution >= 0.6 is 11.6 Å². The number of aliphatic carboxylic acids is 1. The molecular weight excluding hydrogens is 368 g/mol. The molecule has 1 saturated heterocycles. The Bertz CT molecular complexity index is 759. The van der Waals surface area contributed by atoms with Gasteiger partial charge in [0.2, 0.25) is 0 Å². The molecule has 0 aliphatic carbocycles. The average Bonchev–Trinajstić information content (AvgIpc) is 2.49. The number of halogens is 1. The Labute approximate surface area is 154 Å². The second-order valence-corrected chi connectivity index (χ2v) is 6.09. The van der Waals surface area contributed by atoms with Gasteiger partial charge in [-0.2, -0.15) is 0 Å². The minimum atomic E-state index is -1.34. The molecule has 26 heavy (non-hydrogen) atoms. The fourth-order valence-corrected chi connectivity index (χ4v) is 2.43. The molecule has 1 heterocycles. The summed E-state index contributed by atoms with van der Waals surface area (Å²) in [7, 11) is 0. The molecule has 2 rings (SSSR count). The maximum atomic E-state index is 12.0. The van der Waals surface area contributed by atoms with Crippen LogP contribution in [-0.4, -0.2) is 42.0 Å². The number of carboxylic acid groups (broad SMARTS) is 1. The quantitative estimate of drug-likeness (QED) is 0.452. The molecule has 0 radical (unpaired) electrons. The molecule has 1 N–H and O–H groups in total. The molecule has 0 unspecified atom stereocenters. The molecule has 0 saturated carbocycles. The van der Waals surface area contributed by atoms with Gasteiger partial charge < -0.3 is 24.1 Å². The Balaban J connectivity index is 2.39. The zero-order valence-corrected chi connectivity index (χ0v) is 15.1. The highest BCUT2D eigenvalue weighted by Crippen LogP contribution is 2.37. The van der Waals surface area contributed by atoms with Crippen molar-refractivity contribution >= 4 is 35.6 Å². The number of benzene rings is 1. The molecule has 0 amide bonds. The summed E-state index contributed by atoms with van der Waals surface area (Å²) in [6.07, 6.45) is 1.25. The van der Waals surface area contributed by atoms with Gasteiger partial charge in [-0.25, -0.2) is 14.4 Å². The molecule has 8 nitrogen and oxygen atoms in total. The number of ether oxygens (including phenoxy) is 4. The maximum absolute atomic E-state index is 12.0. The van der Waals surface area contributed by atoms with Crippen LogP contribution in [0.3, 0.4) is 0 Å². The first-order valence-corrected chi connectivity index (χ1v) is 8.00. The van der Waals surface area contributed by atoms with Crippen molar-refractivity contribution in [3.05, 3.63) is 28.3 Å². The predicted octanol–water partition coefficient (Wildman–Crippen LogP) is 2.42. The lowest BCUT2D eigenvalue weighted by atomic mass is 10.1. The van der Waals surface area contributed by atoms with Gasteiger partial charge in [0.1, 0.15) is 5.57 Å². The molecule has 140 valence electrons. The van der Waals surface area contributed by atoms with E-state index in [2.05, 4.69) is 0 Å². The highest BCUT2D eigenvalue weighted by atomic mass is 35.5. The molecule has 0 spiro atoms. The highest BCUT2D eigenvalue weighted by Gasteiger charge is 2.38. The van der Waals surface area contributed by atoms with Crippen LogP contribution in [-0.2, 0) is 23.9 Å². The first-order valence-electron chi connectivity index (χ1n) is 7.62. The van der Waals surface area contributed by atoms with E-state index in [1.165, 1.54) is 32.1 Å². The molecule has 1 aromatic carbocycles. The highest BCUT2D eigenvalue weighted by molar-refractivity contribution is 6.32. The molecule has 1 aromatic rings. The molecule has 1 fully saturated rings. The van der Waals surface area contributed by atoms with Crippen molar-refractivity contribution in [2.24, 2.45) is 0 Å². The predicted molar refractivity (Wildman–Crippen MR) is 90.0 cm³/mol. The Morgan fingerprint density at radius 3 is 2.38 bits per heavy atom. The van der Waals surface area contributed by atoms with E-state index in [1.54, 1.807) is 6.92 Å². The van der Waals surface area contributed by atoms with E-state index >= 15 is 0 Å². The van der Waals surface area contributed by atoms with Gasteiger partial charge in [0.15, 0.2) is 18.1 Å². The Morgan fingerprint density at radius 2 is 1.85 bits per heavy atom. The normalized spacial score (nSPS) is 15.8. The third-order valence-corrected chi connectivity index (χ3v) is 3.38. The van der Waals surface area contributed by atoms with Crippen molar-refractivity contribution in [3.8, 4) is 11.5 Å². The number of hydrogen-bond acceptors (Lipinski definition) is 7. The zero-order valence-electron chi connectivity index (χ0n) is 14.3. The molecule has 0 aromatic heterocycles. The number of carbonyl (C=O) groups excluding carboxylic acids is 2. The molecule has 1 aliphatic heterocycles. The van der Waals surface area contributed by atoms with Gasteiger partial charge in [-0.3, -0.25) is 0 Å². The van der Waals surface area contributed by atoms with Crippen LogP contribution in [0.2, 0.25) is 5.02 Å². The second kappa shape index (κ2) is 7.65. The van der Waals surface area contributed by atoms with E-state index in [0.29, 0.717) is 5.56 Å². The summed E-state index contributed by atoms with van der Waals surface area (Å²) in [6, 6.07) is 2.86. The van der Waals surface area contributed by atoms with E-state index in [4.69, 9.17) is 35.7 Å². The largest absolute Gasteiger partial charge is 0.490 e. The molecule has 1 aliphatic rings. The third-order valence-electron chi connectivity index (χ3n) is 3.10. The van der Waals surface area contributed by atoms with Crippen molar-refractivity contribution in [1.29, 1.82) is 0 Å². The van der Waals surface area contributed by atoms with Gasteiger partial charge in [-0.15, -0.1) is 0 Å². The van der Waals surface area contributed by atoms with Crippen LogP contribution in [0.15, 0.2) is 17.7 Å². The van der Waals surface area contributed by atoms with Crippen molar-refractivity contribution in [2.75, 3.05) is 13.2 Å². The van der Waals surface area contributed by atoms with E-state index in [1.807, 2.05) is 0 Å². The lowest BCUT2D eigenvalue weighted by Crippen LogP contribution is -2.41. The number of rotatable bonds is 6. The van der Waals surface area contributed by atoms with E-state index in [0.717, 1.165) is 0 Å². The summed E-state index contributed by atoms with van der Waals surface area (Å²) in [5.74, 6) is -3.95. The average molecular weight is 385 g/mol. The van der Waals surface area contributed by atoms with Crippen LogP contribution in [0.25, 0.3) is 6.08 Å². The van der Waals surface area contributed by atoms with Gasteiger partial charge in [0.05, 0.1) is 11.6 Å². The van der Waals surface area contributed by atoms with Gasteiger partial charge in [0.25, 0.3) is 5.79 Å². The number of hydrogen-bond donors (Lipinski definition) is 1. The Hall–Kier alpha value is -2.74. The molecule has 9 heteroatoms. The minimum Gasteiger partial charge on any atom is -0.490 e. The van der Waals surface area contributed by atoms with E-state index < -0.39 is 30.3 Å². The number of esters is 2. The van der Waals surface area contributed by atoms with Crippen LogP contribution < -0.4 is 9.47 Å². The summed E-state index contributed by atoms with van der Waals surface area (Å²) in [5.41, 5.74) is 0.0479. The van der Waals surface area contributed by atoms with Gasteiger partial charge in [-0.1, -0.05) is 11.6 Å². The number of carbonyl (C=O) groups is 3. The summed E-state index contributed by atoms with van der Waals surface area (Å²) in [6.45, 7) is 4.26. The molecular formula is C17H17ClO8. The topological polar surface area (TPSA) is 108 Å². The van der Waals surface area contributed by atoms with Gasteiger partial charge >= 0.3 is 17.9 Å². The van der Waals surface area contributed by atoms with Crippen LogP contribution in [0.1, 0.15) is 26.3 Å². The van der Waals surface area contributed by atoms with Crippen LogP contribution in [0, 0.1) is 0 Å². The summed E-state index contributed by atoms with van der Waals surface area (Å²) in [5, 5.41) is 8.79. The maximum Gasteiger partial charge on any atom is 0.348 e. The minimum absolute atomic E-state index is 0.0491. The lowest BCUT2D eigenvalue weighted by Gasteiger charge is -2.29. The first-order chi connectivity index (χ1) is 12.1. The second-order valence-electron chi connectivity index (χ2n) is 5.68. The monoisotopic (exact) mass is 384 g/mol. The molecule has 0 atom stereocenters. The Morgan fingerprint density at radius 1 is 1.23 bits per heavy atom. The van der Waals surface area contributed by atoms with E-state index in [9.17, 15) is 14.4 Å². The SMILES string of the molecule is CCOc1cc(C=C2C(=O)OC(C)(C)OC2=O)cc(Cl)c1OCC(=O)O. The van der Waals surface area contributed by atoms with Crippen molar-refractivity contribution in [1.82, 2.24) is 0 Å². The number of carboxylic acids is 1. The standard InChI is InChI=1S/C17H17ClO8/c1-4-23-12-7-9(6-11(18)14(12)24-8-13(19)20)5-10-15(21)25-17(2,3)26-16(10)22/h5-7H,4,8H2,1-3H3,(H,19,20). The van der Waals surface area contributed by atoms with Crippen molar-refractivity contribution in [2.45, 2.75) is 26.6 Å². The first kappa shape index (κ1) is 19.6. The fraction of sp³-hybridized carbons (Fsp3) is 0.353. The Kier molecular flexibility index (Phi) is 5.76. The fourth-order valence-electron chi connectivity index (χ4n) is 2.15. The number of cyclic esters (lactones) is 2. The van der Waals surface area contributed by atoms with Crippen molar-refractivity contribution in [3.63, 3.8) is 0 Å². The third kappa shape index (κ3) is 4.66. The summed E-state index contributed by atoms with van der Waals surface area (Å²) in [4.78, 5) is 34.7. The van der Waals surface area contributed by atoms with Gasteiger partial charge in [-0.05, 0) is 30.7 Å². The molecule has 0 bridgehead atoms. The lowest BCUT2D eigenvalue weighted by molar-refractivity contribution is -0.222. The van der Waals surface area contributed by atoms with Crippen LogP contribution in [0.4, 0.5) is 0 Å². The summed E-state index contributed by atoms with van der Waals surface area (Å²) < 4.78 is 20.6.